The van der Waals surface area contributed by atoms with E-state index in [-0.39, 0.29) is 0 Å². The molecule has 0 fully saturated rings. The third-order valence-corrected chi connectivity index (χ3v) is 2.56. The summed E-state index contributed by atoms with van der Waals surface area (Å²) in [6, 6.07) is 7.97. The Kier molecular flexibility index (Phi) is 5.34. The maximum Gasteiger partial charge on any atom is 0.0472 e. The number of benzene rings is 1. The Morgan fingerprint density at radius 3 is 2.53 bits per heavy atom. The summed E-state index contributed by atoms with van der Waals surface area (Å²) in [6.07, 6.45) is 6.57. The van der Waals surface area contributed by atoms with Crippen LogP contribution in [0.15, 0.2) is 48.8 Å². The minimum Gasteiger partial charge on any atom is -0.399 e. The molecule has 2 nitrogen and oxygen atoms in total. The topological polar surface area (TPSA) is 29.3 Å². The lowest BCUT2D eigenvalue weighted by molar-refractivity contribution is 0.460. The van der Waals surface area contributed by atoms with Crippen LogP contribution in [0.3, 0.4) is 0 Å². The minimum absolute atomic E-state index is 0.803. The van der Waals surface area contributed by atoms with Crippen LogP contribution in [0.2, 0.25) is 0 Å². The SMILES string of the molecule is C=C(C)N(/C=C\CCC)Cc1ccc(N)cc1. The van der Waals surface area contributed by atoms with Crippen LogP contribution >= 0.6 is 0 Å². The summed E-state index contributed by atoms with van der Waals surface area (Å²) in [5.74, 6) is 0. The molecule has 0 atom stereocenters. The second kappa shape index (κ2) is 6.79. The molecule has 0 unspecified atom stereocenters. The van der Waals surface area contributed by atoms with Gasteiger partial charge in [0, 0.05) is 24.1 Å². The van der Waals surface area contributed by atoms with E-state index in [2.05, 4.69) is 42.8 Å². The minimum atomic E-state index is 0.803. The van der Waals surface area contributed by atoms with Crippen molar-refractivity contribution in [2.24, 2.45) is 0 Å². The van der Waals surface area contributed by atoms with Crippen molar-refractivity contribution in [2.75, 3.05) is 5.73 Å². The molecule has 0 bridgehead atoms. The first-order chi connectivity index (χ1) is 8.13. The molecule has 0 aromatic heterocycles. The summed E-state index contributed by atoms with van der Waals surface area (Å²) < 4.78 is 0. The number of anilines is 1. The molecule has 1 rings (SSSR count). The fourth-order valence-electron chi connectivity index (χ4n) is 1.50. The van der Waals surface area contributed by atoms with E-state index in [9.17, 15) is 0 Å². The van der Waals surface area contributed by atoms with Crippen LogP contribution in [0.25, 0.3) is 0 Å². The van der Waals surface area contributed by atoms with E-state index in [0.717, 1.165) is 24.4 Å². The predicted molar refractivity (Wildman–Crippen MR) is 75.3 cm³/mol. The Bertz CT molecular complexity index is 376. The molecule has 0 spiro atoms. The van der Waals surface area contributed by atoms with Gasteiger partial charge in [0.2, 0.25) is 0 Å². The second-order valence-corrected chi connectivity index (χ2v) is 4.28. The number of nitrogen functional groups attached to an aromatic ring is 1. The average molecular weight is 230 g/mol. The van der Waals surface area contributed by atoms with Crippen LogP contribution in [0.4, 0.5) is 5.69 Å². The lowest BCUT2D eigenvalue weighted by Gasteiger charge is -2.20. The van der Waals surface area contributed by atoms with Crippen LogP contribution in [0, 0.1) is 0 Å². The van der Waals surface area contributed by atoms with Crippen molar-refractivity contribution in [3.05, 3.63) is 54.4 Å². The lowest BCUT2D eigenvalue weighted by atomic mass is 10.2. The zero-order valence-corrected chi connectivity index (χ0v) is 10.8. The van der Waals surface area contributed by atoms with Crippen LogP contribution in [-0.2, 0) is 6.54 Å². The molecule has 0 amide bonds. The van der Waals surface area contributed by atoms with Gasteiger partial charge in [-0.3, -0.25) is 0 Å². The third kappa shape index (κ3) is 4.77. The van der Waals surface area contributed by atoms with Crippen LogP contribution < -0.4 is 5.73 Å². The van der Waals surface area contributed by atoms with Gasteiger partial charge in [0.15, 0.2) is 0 Å². The predicted octanol–water partition coefficient (Wildman–Crippen LogP) is 3.92. The van der Waals surface area contributed by atoms with Crippen molar-refractivity contribution in [3.8, 4) is 0 Å². The molecular formula is C15H22N2. The molecule has 17 heavy (non-hydrogen) atoms. The summed E-state index contributed by atoms with van der Waals surface area (Å²) in [6.45, 7) is 9.04. The molecule has 0 aliphatic rings. The van der Waals surface area contributed by atoms with Crippen molar-refractivity contribution in [1.29, 1.82) is 0 Å². The van der Waals surface area contributed by atoms with Gasteiger partial charge in [-0.05, 0) is 31.0 Å². The van der Waals surface area contributed by atoms with E-state index in [0.29, 0.717) is 0 Å². The largest absolute Gasteiger partial charge is 0.399 e. The number of nitrogens with two attached hydrogens (primary N) is 1. The number of rotatable bonds is 6. The smallest absolute Gasteiger partial charge is 0.0472 e. The van der Waals surface area contributed by atoms with Gasteiger partial charge in [-0.25, -0.2) is 0 Å². The highest BCUT2D eigenvalue weighted by atomic mass is 15.1. The molecule has 2 heteroatoms. The molecule has 92 valence electrons. The Hall–Kier alpha value is -1.70. The fourth-order valence-corrected chi connectivity index (χ4v) is 1.50. The van der Waals surface area contributed by atoms with E-state index >= 15 is 0 Å². The fraction of sp³-hybridized carbons (Fsp3) is 0.333. The van der Waals surface area contributed by atoms with Crippen molar-refractivity contribution in [3.63, 3.8) is 0 Å². The van der Waals surface area contributed by atoms with Gasteiger partial charge >= 0.3 is 0 Å². The van der Waals surface area contributed by atoms with Crippen molar-refractivity contribution >= 4 is 5.69 Å². The molecule has 1 aromatic carbocycles. The van der Waals surface area contributed by atoms with Gasteiger partial charge in [-0.1, -0.05) is 38.1 Å². The maximum atomic E-state index is 5.67. The van der Waals surface area contributed by atoms with Crippen molar-refractivity contribution in [2.45, 2.75) is 33.2 Å². The number of hydrogen-bond acceptors (Lipinski definition) is 2. The standard InChI is InChI=1S/C15H22N2/c1-4-5-6-11-17(13(2)3)12-14-7-9-15(16)10-8-14/h6-11H,2,4-5,12,16H2,1,3H3/b11-6-. The number of hydrogen-bond donors (Lipinski definition) is 1. The van der Waals surface area contributed by atoms with E-state index in [1.165, 1.54) is 12.0 Å². The quantitative estimate of drug-likeness (QED) is 0.750. The number of nitrogens with zero attached hydrogens (tertiary/aromatic N) is 1. The first-order valence-corrected chi connectivity index (χ1v) is 6.06. The van der Waals surface area contributed by atoms with E-state index in [1.54, 1.807) is 0 Å². The Morgan fingerprint density at radius 1 is 1.35 bits per heavy atom. The maximum absolute atomic E-state index is 5.67. The molecule has 0 aliphatic carbocycles. The normalized spacial score (nSPS) is 10.7. The average Bonchev–Trinajstić information content (AvgIpc) is 2.30. The highest BCUT2D eigenvalue weighted by molar-refractivity contribution is 5.39. The van der Waals surface area contributed by atoms with Crippen LogP contribution in [0.5, 0.6) is 0 Å². The Balaban J connectivity index is 2.66. The molecule has 0 saturated heterocycles. The third-order valence-electron chi connectivity index (χ3n) is 2.56. The van der Waals surface area contributed by atoms with Gasteiger partial charge < -0.3 is 10.6 Å². The second-order valence-electron chi connectivity index (χ2n) is 4.28. The van der Waals surface area contributed by atoms with Gasteiger partial charge in [0.05, 0.1) is 0 Å². The van der Waals surface area contributed by atoms with E-state index in [4.69, 9.17) is 5.73 Å². The molecule has 0 radical (unpaired) electrons. The summed E-state index contributed by atoms with van der Waals surface area (Å²) in [5.41, 5.74) is 8.76. The summed E-state index contributed by atoms with van der Waals surface area (Å²) in [5, 5.41) is 0. The zero-order valence-electron chi connectivity index (χ0n) is 10.8. The highest BCUT2D eigenvalue weighted by Crippen LogP contribution is 2.12. The first-order valence-electron chi connectivity index (χ1n) is 6.06. The molecule has 2 N–H and O–H groups in total. The van der Waals surface area contributed by atoms with Gasteiger partial charge in [0.25, 0.3) is 0 Å². The summed E-state index contributed by atoms with van der Waals surface area (Å²) in [7, 11) is 0. The van der Waals surface area contributed by atoms with Crippen LogP contribution in [0.1, 0.15) is 32.3 Å². The summed E-state index contributed by atoms with van der Waals surface area (Å²) in [4.78, 5) is 2.15. The monoisotopic (exact) mass is 230 g/mol. The number of unbranched alkanes of at least 4 members (excludes halogenated alkanes) is 1. The Morgan fingerprint density at radius 2 is 2.00 bits per heavy atom. The summed E-state index contributed by atoms with van der Waals surface area (Å²) >= 11 is 0. The zero-order chi connectivity index (χ0) is 12.7. The lowest BCUT2D eigenvalue weighted by Crippen LogP contribution is -2.13. The van der Waals surface area contributed by atoms with Gasteiger partial charge in [-0.2, -0.15) is 0 Å². The highest BCUT2D eigenvalue weighted by Gasteiger charge is 2.01. The van der Waals surface area contributed by atoms with Gasteiger partial charge in [0.1, 0.15) is 0 Å². The molecule has 0 saturated carbocycles. The molecule has 1 aromatic rings. The van der Waals surface area contributed by atoms with Crippen molar-refractivity contribution < 1.29 is 0 Å². The van der Waals surface area contributed by atoms with Crippen molar-refractivity contribution in [1.82, 2.24) is 4.90 Å². The van der Waals surface area contributed by atoms with E-state index < -0.39 is 0 Å². The first kappa shape index (κ1) is 13.4. The molecule has 0 heterocycles. The van der Waals surface area contributed by atoms with E-state index in [1.807, 2.05) is 19.1 Å². The number of allylic oxidation sites excluding steroid dienone is 2. The van der Waals surface area contributed by atoms with Gasteiger partial charge in [-0.15, -0.1) is 0 Å². The molecular weight excluding hydrogens is 208 g/mol. The van der Waals surface area contributed by atoms with Crippen LogP contribution in [-0.4, -0.2) is 4.90 Å². The Labute approximate surface area is 104 Å². The molecule has 0 aliphatic heterocycles.